The molecule has 7 fully saturated rings. The van der Waals surface area contributed by atoms with Gasteiger partial charge in [-0.15, -0.1) is 0 Å². The predicted molar refractivity (Wildman–Crippen MR) is 184 cm³/mol. The topological polar surface area (TPSA) is 141 Å². The number of hydrogen-bond acceptors (Lipinski definition) is 8. The summed E-state index contributed by atoms with van der Waals surface area (Å²) in [7, 11) is 0. The molecule has 4 bridgehead atoms. The number of nitrogens with two attached hydrogens (primary N) is 1. The molecule has 51 heavy (non-hydrogen) atoms. The summed E-state index contributed by atoms with van der Waals surface area (Å²) in [5.74, 6) is -0.148. The highest BCUT2D eigenvalue weighted by Crippen LogP contribution is 2.65. The van der Waals surface area contributed by atoms with E-state index in [2.05, 4.69) is 16.7 Å². The van der Waals surface area contributed by atoms with Gasteiger partial charge in [0.2, 0.25) is 17.5 Å². The van der Waals surface area contributed by atoms with Crippen LogP contribution in [0.15, 0.2) is 48.3 Å². The molecule has 8 aliphatic rings. The number of nitrogens with zero attached hydrogens (tertiary/aromatic N) is 1. The SMILES string of the molecule is NC1CCN(C(=O)OC2=CCC(C3CCC[C@]4(C3)OOC3(O4)C4CC5CC3CC(NC(=O)CCCNC(=O)c3ccc(F)cc3)(C5)C4)C=C2)CC1. The van der Waals surface area contributed by atoms with Gasteiger partial charge in [-0.3, -0.25) is 9.59 Å². The Balaban J connectivity index is 0.827. The van der Waals surface area contributed by atoms with E-state index in [1.165, 1.54) is 24.3 Å². The van der Waals surface area contributed by atoms with E-state index >= 15 is 0 Å². The van der Waals surface area contributed by atoms with E-state index in [-0.39, 0.29) is 47.1 Å². The van der Waals surface area contributed by atoms with Crippen molar-refractivity contribution in [2.45, 2.75) is 113 Å². The van der Waals surface area contributed by atoms with E-state index in [1.54, 1.807) is 4.90 Å². The Morgan fingerprint density at radius 1 is 1.00 bits per heavy atom. The molecule has 1 aromatic rings. The Morgan fingerprint density at radius 3 is 2.49 bits per heavy atom. The number of hydrogen-bond donors (Lipinski definition) is 3. The first-order valence-corrected chi connectivity index (χ1v) is 19.1. The second kappa shape index (κ2) is 13.9. The van der Waals surface area contributed by atoms with Crippen LogP contribution in [0.1, 0.15) is 100 Å². The number of ether oxygens (including phenoxy) is 2. The van der Waals surface area contributed by atoms with Gasteiger partial charge in [-0.1, -0.05) is 6.08 Å². The molecule has 3 amide bonds. The number of benzene rings is 1. The van der Waals surface area contributed by atoms with Crippen LogP contribution in [-0.4, -0.2) is 65.6 Å². The van der Waals surface area contributed by atoms with E-state index in [0.29, 0.717) is 61.6 Å². The molecule has 4 N–H and O–H groups in total. The molecule has 2 aliphatic heterocycles. The maximum absolute atomic E-state index is 13.2. The molecule has 1 aromatic carbocycles. The molecule has 12 heteroatoms. The van der Waals surface area contributed by atoms with Crippen molar-refractivity contribution >= 4 is 17.9 Å². The summed E-state index contributed by atoms with van der Waals surface area (Å²) in [6.07, 6.45) is 17.3. The molecular formula is C39H51FN4O7. The smallest absolute Gasteiger partial charge is 0.411 e. The minimum absolute atomic E-state index is 0.00173. The van der Waals surface area contributed by atoms with Crippen LogP contribution in [0.2, 0.25) is 0 Å². The first-order chi connectivity index (χ1) is 24.6. The molecule has 2 saturated heterocycles. The van der Waals surface area contributed by atoms with Crippen molar-refractivity contribution in [1.82, 2.24) is 15.5 Å². The van der Waals surface area contributed by atoms with Crippen molar-refractivity contribution in [3.8, 4) is 0 Å². The molecule has 2 heterocycles. The fraction of sp³-hybridized carbons (Fsp3) is 0.667. The van der Waals surface area contributed by atoms with Crippen LogP contribution in [-0.2, 0) is 24.0 Å². The highest BCUT2D eigenvalue weighted by atomic mass is 19.1. The third-order valence-corrected chi connectivity index (χ3v) is 12.8. The molecule has 0 radical (unpaired) electrons. The minimum atomic E-state index is -0.778. The zero-order valence-electron chi connectivity index (χ0n) is 29.3. The quantitative estimate of drug-likeness (QED) is 0.234. The number of nitrogens with one attached hydrogen (secondary N) is 2. The van der Waals surface area contributed by atoms with Crippen LogP contribution in [0.5, 0.6) is 0 Å². The summed E-state index contributed by atoms with van der Waals surface area (Å²) < 4.78 is 26.0. The monoisotopic (exact) mass is 706 g/mol. The van der Waals surface area contributed by atoms with Gasteiger partial charge in [-0.25, -0.2) is 9.18 Å². The van der Waals surface area contributed by atoms with Crippen molar-refractivity contribution in [1.29, 1.82) is 0 Å². The number of amides is 3. The molecule has 0 aromatic heterocycles. The van der Waals surface area contributed by atoms with Gasteiger partial charge in [0.1, 0.15) is 11.6 Å². The molecule has 4 unspecified atom stereocenters. The Hall–Kier alpha value is -3.32. The third kappa shape index (κ3) is 7.09. The zero-order valence-corrected chi connectivity index (χ0v) is 29.3. The molecule has 5 saturated carbocycles. The summed E-state index contributed by atoms with van der Waals surface area (Å²) in [6.45, 7) is 1.64. The third-order valence-electron chi connectivity index (χ3n) is 12.8. The standard InChI is InChI=1S/C39H51FN4O7/c40-31-9-5-27(6-10-31)35(46)42-16-2-4-34(45)43-37-21-25-19-29(23-37)39(30(20-25)24-37)49-38(50-51-39)15-1-3-28(22-38)26-7-11-33(12-8-26)48-36(47)44-17-13-32(41)14-18-44/h5-7,9-12,25-26,28-30,32H,1-4,8,13-24,41H2,(H,42,46)(H,43,45)/t25?,26?,28?,29?,30?,37?,38-,39?/m1/s1. The average Bonchev–Trinajstić information content (AvgIpc) is 3.48. The van der Waals surface area contributed by atoms with Crippen molar-refractivity contribution in [3.05, 3.63) is 59.6 Å². The van der Waals surface area contributed by atoms with Gasteiger partial charge < -0.3 is 30.7 Å². The van der Waals surface area contributed by atoms with Gasteiger partial charge >= 0.3 is 6.09 Å². The highest BCUT2D eigenvalue weighted by molar-refractivity contribution is 5.94. The Labute approximate surface area is 298 Å². The van der Waals surface area contributed by atoms with Gasteiger partial charge in [0.25, 0.3) is 5.91 Å². The number of likely N-dealkylation sites (tertiary alicyclic amines) is 1. The van der Waals surface area contributed by atoms with Crippen molar-refractivity contribution < 1.29 is 38.0 Å². The van der Waals surface area contributed by atoms with Gasteiger partial charge in [-0.05, 0) is 125 Å². The average molecular weight is 707 g/mol. The summed E-state index contributed by atoms with van der Waals surface area (Å²) in [6, 6.07) is 5.58. The van der Waals surface area contributed by atoms with Crippen LogP contribution >= 0.6 is 0 Å². The van der Waals surface area contributed by atoms with Gasteiger partial charge in [0.05, 0.1) is 0 Å². The fourth-order valence-electron chi connectivity index (χ4n) is 10.4. The number of piperidine rings is 1. The number of halogens is 1. The second-order valence-electron chi connectivity index (χ2n) is 16.4. The molecule has 11 nitrogen and oxygen atoms in total. The van der Waals surface area contributed by atoms with E-state index in [4.69, 9.17) is 25.0 Å². The Bertz CT molecular complexity index is 1540. The van der Waals surface area contributed by atoms with Gasteiger partial charge in [0, 0.05) is 67.9 Å². The molecule has 276 valence electrons. The molecule has 2 spiro atoms. The summed E-state index contributed by atoms with van der Waals surface area (Å²) in [4.78, 5) is 52.6. The van der Waals surface area contributed by atoms with E-state index in [0.717, 1.165) is 77.0 Å². The summed E-state index contributed by atoms with van der Waals surface area (Å²) in [5.41, 5.74) is 6.11. The maximum atomic E-state index is 13.2. The molecule has 9 rings (SSSR count). The van der Waals surface area contributed by atoms with Crippen LogP contribution in [0, 0.1) is 35.4 Å². The largest absolute Gasteiger partial charge is 0.415 e. The van der Waals surface area contributed by atoms with Crippen LogP contribution in [0.3, 0.4) is 0 Å². The number of allylic oxidation sites excluding steroid dienone is 3. The number of carbonyl (C=O) groups is 3. The Kier molecular flexibility index (Phi) is 9.48. The lowest BCUT2D eigenvalue weighted by Gasteiger charge is -2.62. The minimum Gasteiger partial charge on any atom is -0.411 e. The number of rotatable bonds is 8. The Morgan fingerprint density at radius 2 is 1.76 bits per heavy atom. The first kappa shape index (κ1) is 34.7. The van der Waals surface area contributed by atoms with Gasteiger partial charge in [-0.2, -0.15) is 9.78 Å². The van der Waals surface area contributed by atoms with Crippen molar-refractivity contribution in [3.63, 3.8) is 0 Å². The van der Waals surface area contributed by atoms with Crippen molar-refractivity contribution in [2.75, 3.05) is 19.6 Å². The summed E-state index contributed by atoms with van der Waals surface area (Å²) >= 11 is 0. The van der Waals surface area contributed by atoms with Crippen LogP contribution < -0.4 is 16.4 Å². The molecule has 5 atom stereocenters. The lowest BCUT2D eigenvalue weighted by molar-refractivity contribution is -0.392. The fourth-order valence-corrected chi connectivity index (χ4v) is 10.4. The van der Waals surface area contributed by atoms with Crippen LogP contribution in [0.4, 0.5) is 9.18 Å². The summed E-state index contributed by atoms with van der Waals surface area (Å²) in [5, 5.41) is 6.24. The maximum Gasteiger partial charge on any atom is 0.415 e. The van der Waals surface area contributed by atoms with Gasteiger partial charge in [0.15, 0.2) is 0 Å². The van der Waals surface area contributed by atoms with E-state index < -0.39 is 11.6 Å². The molecular weight excluding hydrogens is 655 g/mol. The van der Waals surface area contributed by atoms with E-state index in [9.17, 15) is 18.8 Å². The van der Waals surface area contributed by atoms with Crippen LogP contribution in [0.25, 0.3) is 0 Å². The predicted octanol–water partition coefficient (Wildman–Crippen LogP) is 5.61. The number of carbonyl (C=O) groups excluding carboxylic acids is 3. The lowest BCUT2D eigenvalue weighted by Crippen LogP contribution is -2.69. The van der Waals surface area contributed by atoms with Crippen molar-refractivity contribution in [2.24, 2.45) is 35.3 Å². The normalized spacial score (nSPS) is 37.1. The zero-order chi connectivity index (χ0) is 35.2. The van der Waals surface area contributed by atoms with E-state index in [1.807, 2.05) is 12.2 Å². The first-order valence-electron chi connectivity index (χ1n) is 19.1. The lowest BCUT2D eigenvalue weighted by atomic mass is 9.50. The molecule has 6 aliphatic carbocycles. The second-order valence-corrected chi connectivity index (χ2v) is 16.4. The highest BCUT2D eigenvalue weighted by Gasteiger charge is 2.70.